The Bertz CT molecular complexity index is 1760. The molecule has 0 unspecified atom stereocenters. The zero-order valence-corrected chi connectivity index (χ0v) is 37.4. The van der Waals surface area contributed by atoms with Crippen LogP contribution in [0.5, 0.6) is 0 Å². The van der Waals surface area contributed by atoms with E-state index in [1.165, 1.54) is 19.4 Å². The molecule has 2 aromatic rings. The number of aromatic amines is 1. The van der Waals surface area contributed by atoms with Crippen LogP contribution in [-0.2, 0) is 51.2 Å². The summed E-state index contributed by atoms with van der Waals surface area (Å²) in [5.74, 6) is -6.42. The number of nitrogens with zero attached hydrogens (tertiary/aromatic N) is 1. The van der Waals surface area contributed by atoms with Gasteiger partial charge in [0, 0.05) is 37.6 Å². The Morgan fingerprint density at radius 2 is 1.08 bits per heavy atom. The first-order valence-corrected chi connectivity index (χ1v) is 22.4. The number of carbonyl (C=O) groups is 8. The van der Waals surface area contributed by atoms with E-state index in [9.17, 15) is 53.7 Å². The minimum Gasteiger partial charge on any atom is -0.480 e. The normalized spacial score (nSPS) is 14.0. The molecule has 11 N–H and O–H groups in total. The number of aliphatic hydroxyl groups is 1. The third kappa shape index (κ3) is 23.0. The van der Waals surface area contributed by atoms with Crippen molar-refractivity contribution in [2.45, 2.75) is 173 Å². The molecule has 19 heteroatoms. The van der Waals surface area contributed by atoms with Crippen LogP contribution in [0.15, 0.2) is 42.9 Å². The average Bonchev–Trinajstić information content (AvgIpc) is 3.75. The molecule has 356 valence electrons. The Morgan fingerprint density at radius 1 is 0.609 bits per heavy atom. The highest BCUT2D eigenvalue weighted by atomic mass is 16.4. The molecular weight excluding hydrogens is 829 g/mol. The number of carboxylic acids is 2. The van der Waals surface area contributed by atoms with Crippen molar-refractivity contribution < 1.29 is 53.7 Å². The van der Waals surface area contributed by atoms with Crippen LogP contribution in [0.4, 0.5) is 0 Å². The second-order valence-electron chi connectivity index (χ2n) is 16.8. The number of aliphatic carboxylic acids is 2. The van der Waals surface area contributed by atoms with E-state index < -0.39 is 90.1 Å². The fourth-order valence-electron chi connectivity index (χ4n) is 7.04. The predicted molar refractivity (Wildman–Crippen MR) is 237 cm³/mol. The Kier molecular flexibility index (Phi) is 25.7. The molecule has 0 radical (unpaired) electrons. The van der Waals surface area contributed by atoms with Gasteiger partial charge in [0.15, 0.2) is 0 Å². The molecule has 0 aliphatic rings. The molecule has 1 aromatic heterocycles. The summed E-state index contributed by atoms with van der Waals surface area (Å²) in [6.07, 6.45) is 12.6. The van der Waals surface area contributed by atoms with E-state index in [-0.39, 0.29) is 38.0 Å². The predicted octanol–water partition coefficient (Wildman–Crippen LogP) is 2.55. The lowest BCUT2D eigenvalue weighted by molar-refractivity contribution is -0.142. The second-order valence-corrected chi connectivity index (χ2v) is 16.8. The fraction of sp³-hybridized carbons (Fsp3) is 0.622. The maximum atomic E-state index is 13.2. The highest BCUT2D eigenvalue weighted by molar-refractivity contribution is 5.94. The number of rotatable bonds is 34. The first kappa shape index (κ1) is 54.3. The molecule has 0 bridgehead atoms. The van der Waals surface area contributed by atoms with Crippen LogP contribution in [0.3, 0.4) is 0 Å². The number of amides is 6. The quantitative estimate of drug-likeness (QED) is 0.0454. The molecule has 6 atom stereocenters. The maximum Gasteiger partial charge on any atom is 0.326 e. The number of carbonyl (C=O) groups excluding carboxylic acids is 6. The number of benzene rings is 1. The van der Waals surface area contributed by atoms with Crippen LogP contribution < -0.4 is 32.3 Å². The highest BCUT2D eigenvalue weighted by Gasteiger charge is 2.32. The number of unbranched alkanes of at least 4 members (excludes halogenated alkanes) is 11. The summed E-state index contributed by atoms with van der Waals surface area (Å²) in [6, 6.07) is 2.55. The number of aliphatic hydroxyl groups excluding tert-OH is 1. The molecule has 19 nitrogen and oxygen atoms in total. The van der Waals surface area contributed by atoms with Crippen LogP contribution in [0, 0.1) is 5.92 Å². The van der Waals surface area contributed by atoms with Gasteiger partial charge in [-0.05, 0) is 37.7 Å². The van der Waals surface area contributed by atoms with E-state index in [1.54, 1.807) is 30.3 Å². The summed E-state index contributed by atoms with van der Waals surface area (Å²) in [5, 5.41) is 42.2. The topological polar surface area (TPSA) is 312 Å². The van der Waals surface area contributed by atoms with Gasteiger partial charge in [-0.3, -0.25) is 28.8 Å². The van der Waals surface area contributed by atoms with Crippen LogP contribution in [0.1, 0.15) is 135 Å². The van der Waals surface area contributed by atoms with Crippen molar-refractivity contribution in [3.63, 3.8) is 0 Å². The Labute approximate surface area is 375 Å². The van der Waals surface area contributed by atoms with E-state index in [0.717, 1.165) is 64.2 Å². The molecule has 2 rings (SSSR count). The van der Waals surface area contributed by atoms with Gasteiger partial charge < -0.3 is 52.6 Å². The molecule has 0 spiro atoms. The van der Waals surface area contributed by atoms with Crippen molar-refractivity contribution in [3.8, 4) is 0 Å². The molecule has 0 saturated carbocycles. The molecule has 64 heavy (non-hydrogen) atoms. The lowest BCUT2D eigenvalue weighted by atomic mass is 10.0. The third-order valence-electron chi connectivity index (χ3n) is 10.5. The van der Waals surface area contributed by atoms with E-state index in [2.05, 4.69) is 36.6 Å². The standard InChI is InChI=1S/C45H70N8O11/c1-29(2)23-33(41(58)52-36(45(63)64)25-32-27-47-28-48-32)50-43(60)40(30(3)54)53-39(57)22-18-13-11-9-7-5-4-6-8-10-12-17-21-38(56)49-34(26-37(46)55)42(59)51-35(44(61)62)24-31-19-15-14-16-20-31/h14-16,19-20,27-30,33-36,40,54H,4-13,17-18,21-26H2,1-3H3,(H2,46,55)(H,47,48)(H,49,56)(H,50,60)(H,51,59)(H,52,58)(H,53,57)(H,61,62)(H,63,64)/t30-,33-,34-,35-,36-,40-/m0/s1. The van der Waals surface area contributed by atoms with Crippen LogP contribution in [0.2, 0.25) is 0 Å². The maximum absolute atomic E-state index is 13.2. The molecule has 1 aromatic carbocycles. The van der Waals surface area contributed by atoms with Crippen molar-refractivity contribution in [2.24, 2.45) is 11.7 Å². The zero-order valence-electron chi connectivity index (χ0n) is 37.4. The van der Waals surface area contributed by atoms with Crippen LogP contribution in [-0.4, -0.2) is 109 Å². The number of hydrogen-bond acceptors (Lipinski definition) is 10. The van der Waals surface area contributed by atoms with Crippen molar-refractivity contribution in [3.05, 3.63) is 54.1 Å². The van der Waals surface area contributed by atoms with Gasteiger partial charge in [0.05, 0.1) is 18.9 Å². The lowest BCUT2D eigenvalue weighted by Crippen LogP contribution is -2.58. The lowest BCUT2D eigenvalue weighted by Gasteiger charge is -2.26. The van der Waals surface area contributed by atoms with Gasteiger partial charge in [-0.25, -0.2) is 14.6 Å². The van der Waals surface area contributed by atoms with E-state index in [0.29, 0.717) is 24.1 Å². The van der Waals surface area contributed by atoms with Gasteiger partial charge in [-0.1, -0.05) is 108 Å². The number of nitrogens with two attached hydrogens (primary N) is 1. The number of imidazole rings is 1. The molecular formula is C45H70N8O11. The Morgan fingerprint density at radius 3 is 1.53 bits per heavy atom. The van der Waals surface area contributed by atoms with E-state index >= 15 is 0 Å². The van der Waals surface area contributed by atoms with Gasteiger partial charge in [0.25, 0.3) is 0 Å². The summed E-state index contributed by atoms with van der Waals surface area (Å²) in [7, 11) is 0. The first-order chi connectivity index (χ1) is 30.5. The van der Waals surface area contributed by atoms with Gasteiger partial charge in [0.2, 0.25) is 35.4 Å². The Balaban J connectivity index is 1.61. The minimum absolute atomic E-state index is 0.0315. The number of hydrogen-bond donors (Lipinski definition) is 10. The molecule has 0 fully saturated rings. The minimum atomic E-state index is -1.31. The number of nitrogens with one attached hydrogen (secondary N) is 6. The molecule has 1 heterocycles. The average molecular weight is 899 g/mol. The Hall–Kier alpha value is -5.85. The largest absolute Gasteiger partial charge is 0.480 e. The number of aromatic nitrogens is 2. The number of primary amides is 1. The van der Waals surface area contributed by atoms with Crippen LogP contribution >= 0.6 is 0 Å². The van der Waals surface area contributed by atoms with Crippen molar-refractivity contribution >= 4 is 47.4 Å². The van der Waals surface area contributed by atoms with Crippen molar-refractivity contribution in [2.75, 3.05) is 0 Å². The summed E-state index contributed by atoms with van der Waals surface area (Å²) in [6.45, 7) is 5.05. The third-order valence-corrected chi connectivity index (χ3v) is 10.5. The second kappa shape index (κ2) is 30.3. The van der Waals surface area contributed by atoms with E-state index in [4.69, 9.17) is 5.73 Å². The summed E-state index contributed by atoms with van der Waals surface area (Å²) in [5.41, 5.74) is 6.51. The van der Waals surface area contributed by atoms with Crippen molar-refractivity contribution in [1.29, 1.82) is 0 Å². The highest BCUT2D eigenvalue weighted by Crippen LogP contribution is 2.14. The smallest absolute Gasteiger partial charge is 0.326 e. The molecule has 0 saturated heterocycles. The zero-order chi connectivity index (χ0) is 47.4. The molecule has 0 aliphatic heterocycles. The summed E-state index contributed by atoms with van der Waals surface area (Å²) >= 11 is 0. The molecule has 6 amide bonds. The van der Waals surface area contributed by atoms with Gasteiger partial charge >= 0.3 is 11.9 Å². The van der Waals surface area contributed by atoms with Gasteiger partial charge in [-0.15, -0.1) is 0 Å². The summed E-state index contributed by atoms with van der Waals surface area (Å²) < 4.78 is 0. The van der Waals surface area contributed by atoms with Gasteiger partial charge in [0.1, 0.15) is 30.2 Å². The van der Waals surface area contributed by atoms with Gasteiger partial charge in [-0.2, -0.15) is 0 Å². The molecule has 0 aliphatic carbocycles. The van der Waals surface area contributed by atoms with Crippen LogP contribution in [0.25, 0.3) is 0 Å². The number of carboxylic acid groups (broad SMARTS) is 2. The fourth-order valence-corrected chi connectivity index (χ4v) is 7.04. The van der Waals surface area contributed by atoms with E-state index in [1.807, 2.05) is 13.8 Å². The summed E-state index contributed by atoms with van der Waals surface area (Å²) in [4.78, 5) is 106. The first-order valence-electron chi connectivity index (χ1n) is 22.4. The SMILES string of the molecule is CC(C)C[C@H](NC(=O)[C@@H](NC(=O)CCCCCCCCCCCCCCC(=O)N[C@@H](CC(N)=O)C(=O)N[C@@H](Cc1ccccc1)C(=O)O)[C@H](C)O)C(=O)N[C@@H](Cc1cnc[nH]1)C(=O)O. The number of H-pyrrole nitrogens is 1. The monoisotopic (exact) mass is 899 g/mol. The van der Waals surface area contributed by atoms with Crippen molar-refractivity contribution in [1.82, 2.24) is 36.6 Å².